The summed E-state index contributed by atoms with van der Waals surface area (Å²) in [6.07, 6.45) is 4.65. The quantitative estimate of drug-likeness (QED) is 0.464. The molecule has 8 nitrogen and oxygen atoms in total. The number of anilines is 2. The lowest BCUT2D eigenvalue weighted by atomic mass is 9.73. The number of aliphatic hydroxyl groups excluding tert-OH is 1. The van der Waals surface area contributed by atoms with Gasteiger partial charge in [-0.1, -0.05) is 29.3 Å². The van der Waals surface area contributed by atoms with Gasteiger partial charge in [0.25, 0.3) is 0 Å². The summed E-state index contributed by atoms with van der Waals surface area (Å²) in [5.41, 5.74) is 18.3. The first-order valence-corrected chi connectivity index (χ1v) is 12.0. The summed E-state index contributed by atoms with van der Waals surface area (Å²) in [5, 5.41) is 10.5. The molecule has 1 atom stereocenters. The molecule has 5 rings (SSSR count). The first-order valence-electron chi connectivity index (χ1n) is 11.3. The van der Waals surface area contributed by atoms with Crippen LogP contribution in [0.2, 0.25) is 10.2 Å². The SMILES string of the molecule is Cc1cnc2c(c1)[C@@H](N)C1(CCN(c3nc(C)c(-c4cc(N)nc(Cl)c4Cl)nc3CO)CC1)C2. The number of nitrogens with zero attached hydrogens (tertiary/aromatic N) is 5. The summed E-state index contributed by atoms with van der Waals surface area (Å²) in [6, 6.07) is 3.77. The fourth-order valence-corrected chi connectivity index (χ4v) is 5.69. The van der Waals surface area contributed by atoms with Crippen LogP contribution in [0.25, 0.3) is 11.3 Å². The molecule has 3 aromatic heterocycles. The van der Waals surface area contributed by atoms with Crippen molar-refractivity contribution in [1.29, 1.82) is 0 Å². The Balaban J connectivity index is 1.42. The highest BCUT2D eigenvalue weighted by Crippen LogP contribution is 2.50. The number of piperidine rings is 1. The Kier molecular flexibility index (Phi) is 5.88. The third-order valence-corrected chi connectivity index (χ3v) is 7.93. The van der Waals surface area contributed by atoms with Crippen molar-refractivity contribution < 1.29 is 5.11 Å². The molecule has 2 aliphatic rings. The van der Waals surface area contributed by atoms with Crippen molar-refractivity contribution in [1.82, 2.24) is 19.9 Å². The van der Waals surface area contributed by atoms with Crippen molar-refractivity contribution in [3.63, 3.8) is 0 Å². The fourth-order valence-electron chi connectivity index (χ4n) is 5.31. The van der Waals surface area contributed by atoms with E-state index >= 15 is 0 Å². The minimum atomic E-state index is -0.253. The molecule has 178 valence electrons. The van der Waals surface area contributed by atoms with E-state index in [1.54, 1.807) is 6.07 Å². The predicted molar refractivity (Wildman–Crippen MR) is 134 cm³/mol. The van der Waals surface area contributed by atoms with E-state index in [9.17, 15) is 5.11 Å². The van der Waals surface area contributed by atoms with Crippen LogP contribution in [0.4, 0.5) is 11.6 Å². The van der Waals surface area contributed by atoms with Crippen molar-refractivity contribution >= 4 is 34.8 Å². The first-order chi connectivity index (χ1) is 16.2. The molecule has 0 amide bonds. The van der Waals surface area contributed by atoms with Crippen LogP contribution in [0.3, 0.4) is 0 Å². The van der Waals surface area contributed by atoms with Gasteiger partial charge in [0.05, 0.1) is 23.0 Å². The molecule has 34 heavy (non-hydrogen) atoms. The van der Waals surface area contributed by atoms with E-state index in [0.717, 1.165) is 43.6 Å². The number of hydrogen-bond donors (Lipinski definition) is 3. The van der Waals surface area contributed by atoms with Gasteiger partial charge in [-0.15, -0.1) is 0 Å². The summed E-state index contributed by atoms with van der Waals surface area (Å²) >= 11 is 12.5. The van der Waals surface area contributed by atoms with Gasteiger partial charge in [-0.2, -0.15) is 0 Å². The Bertz CT molecular complexity index is 1270. The van der Waals surface area contributed by atoms with Crippen molar-refractivity contribution in [3.8, 4) is 11.3 Å². The van der Waals surface area contributed by atoms with Gasteiger partial charge in [-0.25, -0.2) is 15.0 Å². The molecule has 0 bridgehead atoms. The second kappa shape index (κ2) is 8.61. The largest absolute Gasteiger partial charge is 0.390 e. The van der Waals surface area contributed by atoms with Gasteiger partial charge in [0.1, 0.15) is 11.5 Å². The minimum Gasteiger partial charge on any atom is -0.390 e. The molecular weight excluding hydrogens is 473 g/mol. The van der Waals surface area contributed by atoms with Gasteiger partial charge < -0.3 is 21.5 Å². The molecular formula is C24H27Cl2N7O. The van der Waals surface area contributed by atoms with E-state index in [1.165, 1.54) is 5.56 Å². The van der Waals surface area contributed by atoms with Crippen molar-refractivity contribution in [2.75, 3.05) is 23.7 Å². The summed E-state index contributed by atoms with van der Waals surface area (Å²) < 4.78 is 0. The average molecular weight is 500 g/mol. The summed E-state index contributed by atoms with van der Waals surface area (Å²) in [6.45, 7) is 5.20. The number of fused-ring (bicyclic) bond motifs is 1. The minimum absolute atomic E-state index is 0.000256. The number of halogens is 2. The topological polar surface area (TPSA) is 127 Å². The number of nitrogen functional groups attached to an aromatic ring is 1. The van der Waals surface area contributed by atoms with E-state index in [4.69, 9.17) is 44.6 Å². The molecule has 1 aliphatic heterocycles. The van der Waals surface area contributed by atoms with Gasteiger partial charge in [0.2, 0.25) is 0 Å². The Labute approximate surface area is 208 Å². The zero-order valence-electron chi connectivity index (χ0n) is 19.1. The highest BCUT2D eigenvalue weighted by atomic mass is 35.5. The van der Waals surface area contributed by atoms with Crippen molar-refractivity contribution in [3.05, 3.63) is 56.7 Å². The predicted octanol–water partition coefficient (Wildman–Crippen LogP) is 3.77. The molecule has 1 spiro atoms. The molecule has 0 unspecified atom stereocenters. The van der Waals surface area contributed by atoms with Crippen LogP contribution < -0.4 is 16.4 Å². The standard InChI is InChI=1S/C24H27Cl2N7O/c1-12-7-14-16(29-10-12)9-24(21(14)28)3-5-33(6-4-24)23-17(11-34)31-20(13(2)30-23)15-8-18(27)32-22(26)19(15)25/h7-8,10,21,34H,3-6,9,11,28H2,1-2H3,(H2,27,32)/t21-/m1/s1. The summed E-state index contributed by atoms with van der Waals surface area (Å²) in [7, 11) is 0. The smallest absolute Gasteiger partial charge is 0.153 e. The maximum absolute atomic E-state index is 10.1. The maximum atomic E-state index is 10.1. The highest BCUT2D eigenvalue weighted by Gasteiger charge is 2.47. The summed E-state index contributed by atoms with van der Waals surface area (Å²) in [4.78, 5) is 20.3. The Hall–Kier alpha value is -2.52. The number of rotatable bonds is 3. The Morgan fingerprint density at radius 2 is 1.88 bits per heavy atom. The summed E-state index contributed by atoms with van der Waals surface area (Å²) in [5.74, 6) is 0.918. The van der Waals surface area contributed by atoms with Crippen LogP contribution in [0.1, 0.15) is 47.1 Å². The number of hydrogen-bond acceptors (Lipinski definition) is 8. The molecule has 1 saturated heterocycles. The second-order valence-electron chi connectivity index (χ2n) is 9.34. The normalized spacial score (nSPS) is 19.0. The maximum Gasteiger partial charge on any atom is 0.153 e. The van der Waals surface area contributed by atoms with E-state index in [0.29, 0.717) is 28.5 Å². The molecule has 0 saturated carbocycles. The first kappa shape index (κ1) is 23.2. The van der Waals surface area contributed by atoms with Crippen molar-refractivity contribution in [2.24, 2.45) is 11.1 Å². The van der Waals surface area contributed by atoms with Crippen LogP contribution in [-0.4, -0.2) is 38.1 Å². The van der Waals surface area contributed by atoms with E-state index in [-0.39, 0.29) is 34.1 Å². The van der Waals surface area contributed by atoms with Gasteiger partial charge in [0, 0.05) is 36.6 Å². The van der Waals surface area contributed by atoms with Gasteiger partial charge in [-0.05, 0) is 55.7 Å². The lowest BCUT2D eigenvalue weighted by Crippen LogP contribution is -2.45. The van der Waals surface area contributed by atoms with Crippen LogP contribution in [0, 0.1) is 19.3 Å². The van der Waals surface area contributed by atoms with Gasteiger partial charge in [0.15, 0.2) is 11.0 Å². The number of aromatic nitrogens is 4. The molecule has 5 N–H and O–H groups in total. The van der Waals surface area contributed by atoms with Crippen LogP contribution in [-0.2, 0) is 13.0 Å². The molecule has 3 aromatic rings. The average Bonchev–Trinajstić information content (AvgIpc) is 3.07. The van der Waals surface area contributed by atoms with E-state index in [1.807, 2.05) is 13.1 Å². The van der Waals surface area contributed by atoms with Crippen LogP contribution in [0.15, 0.2) is 18.3 Å². The van der Waals surface area contributed by atoms with Gasteiger partial charge in [-0.3, -0.25) is 4.98 Å². The van der Waals surface area contributed by atoms with Gasteiger partial charge >= 0.3 is 0 Å². The lowest BCUT2D eigenvalue weighted by molar-refractivity contribution is 0.186. The Morgan fingerprint density at radius 3 is 2.59 bits per heavy atom. The third-order valence-electron chi connectivity index (χ3n) is 7.18. The molecule has 4 heterocycles. The molecule has 1 fully saturated rings. The number of aliphatic hydroxyl groups is 1. The Morgan fingerprint density at radius 1 is 1.15 bits per heavy atom. The fraction of sp³-hybridized carbons (Fsp3) is 0.417. The van der Waals surface area contributed by atoms with Crippen molar-refractivity contribution in [2.45, 2.75) is 45.8 Å². The molecule has 10 heteroatoms. The number of pyridine rings is 2. The van der Waals surface area contributed by atoms with Crippen LogP contribution in [0.5, 0.6) is 0 Å². The molecule has 0 radical (unpaired) electrons. The monoisotopic (exact) mass is 499 g/mol. The highest BCUT2D eigenvalue weighted by molar-refractivity contribution is 6.43. The molecule has 1 aliphatic carbocycles. The lowest BCUT2D eigenvalue weighted by Gasteiger charge is -2.42. The zero-order chi connectivity index (χ0) is 24.2. The second-order valence-corrected chi connectivity index (χ2v) is 10.1. The third kappa shape index (κ3) is 3.79. The molecule has 0 aromatic carbocycles. The number of aryl methyl sites for hydroxylation is 2. The number of nitrogens with two attached hydrogens (primary N) is 2. The van der Waals surface area contributed by atoms with E-state index < -0.39 is 0 Å². The zero-order valence-corrected chi connectivity index (χ0v) is 20.7. The van der Waals surface area contributed by atoms with E-state index in [2.05, 4.69) is 27.9 Å². The van der Waals surface area contributed by atoms with Crippen LogP contribution >= 0.6 is 23.2 Å².